The predicted octanol–water partition coefficient (Wildman–Crippen LogP) is 2.58. The van der Waals surface area contributed by atoms with Crippen LogP contribution < -0.4 is 5.32 Å². The van der Waals surface area contributed by atoms with Gasteiger partial charge < -0.3 is 15.1 Å². The first-order valence-corrected chi connectivity index (χ1v) is 8.39. The quantitative estimate of drug-likeness (QED) is 0.742. The van der Waals surface area contributed by atoms with Gasteiger partial charge in [0, 0.05) is 19.1 Å². The summed E-state index contributed by atoms with van der Waals surface area (Å²) in [5, 5.41) is 3.64. The molecular formula is C18H31N3. The summed E-state index contributed by atoms with van der Waals surface area (Å²) in [7, 11) is 4.47. The van der Waals surface area contributed by atoms with Crippen LogP contribution in [-0.2, 0) is 6.54 Å². The largest absolute Gasteiger partial charge is 0.315 e. The minimum absolute atomic E-state index is 0.751. The van der Waals surface area contributed by atoms with Crippen LogP contribution in [0.5, 0.6) is 0 Å². The van der Waals surface area contributed by atoms with Crippen LogP contribution in [0, 0.1) is 0 Å². The van der Waals surface area contributed by atoms with Gasteiger partial charge in [0.25, 0.3) is 0 Å². The van der Waals surface area contributed by atoms with E-state index in [2.05, 4.69) is 59.5 Å². The molecule has 0 aromatic heterocycles. The van der Waals surface area contributed by atoms with Crippen LogP contribution in [0.4, 0.5) is 0 Å². The van der Waals surface area contributed by atoms with Crippen molar-refractivity contribution in [3.8, 4) is 0 Å². The molecule has 3 heteroatoms. The van der Waals surface area contributed by atoms with Crippen LogP contribution >= 0.6 is 0 Å². The van der Waals surface area contributed by atoms with E-state index in [4.69, 9.17) is 0 Å². The van der Waals surface area contributed by atoms with Crippen molar-refractivity contribution in [1.29, 1.82) is 0 Å². The fraction of sp³-hybridized carbons (Fsp3) is 0.667. The number of piperidine rings is 1. The van der Waals surface area contributed by atoms with Crippen molar-refractivity contribution in [2.45, 2.75) is 38.3 Å². The lowest BCUT2D eigenvalue weighted by molar-refractivity contribution is 0.181. The maximum atomic E-state index is 3.64. The summed E-state index contributed by atoms with van der Waals surface area (Å²) < 4.78 is 0. The summed E-state index contributed by atoms with van der Waals surface area (Å²) in [6.45, 7) is 5.75. The third-order valence-electron chi connectivity index (χ3n) is 4.49. The van der Waals surface area contributed by atoms with Gasteiger partial charge in [-0.2, -0.15) is 0 Å². The van der Waals surface area contributed by atoms with Gasteiger partial charge in [0.2, 0.25) is 0 Å². The second-order valence-electron chi connectivity index (χ2n) is 6.41. The van der Waals surface area contributed by atoms with Gasteiger partial charge in [0.1, 0.15) is 0 Å². The second-order valence-corrected chi connectivity index (χ2v) is 6.41. The van der Waals surface area contributed by atoms with E-state index in [1.165, 1.54) is 37.8 Å². The average molecular weight is 289 g/mol. The summed E-state index contributed by atoms with van der Waals surface area (Å²) in [6.07, 6.45) is 5.35. The first-order chi connectivity index (χ1) is 10.3. The van der Waals surface area contributed by atoms with Crippen LogP contribution in [-0.4, -0.2) is 56.1 Å². The number of hydrogen-bond acceptors (Lipinski definition) is 3. The molecule has 1 aliphatic rings. The molecular weight excluding hydrogens is 258 g/mol. The van der Waals surface area contributed by atoms with Crippen molar-refractivity contribution < 1.29 is 0 Å². The standard InChI is InChI=1S/C18H31N3/c1-20(16-17-9-4-3-5-10-17)13-8-12-19-15-18-11-6-7-14-21(18)2/h3-5,9-10,18-19H,6-8,11-16H2,1-2H3. The van der Waals surface area contributed by atoms with Gasteiger partial charge in [-0.25, -0.2) is 0 Å². The van der Waals surface area contributed by atoms with E-state index in [0.717, 1.165) is 32.2 Å². The Labute approximate surface area is 130 Å². The Kier molecular flexibility index (Phi) is 7.20. The molecule has 0 spiro atoms. The zero-order valence-corrected chi connectivity index (χ0v) is 13.7. The Bertz CT molecular complexity index is 379. The topological polar surface area (TPSA) is 18.5 Å². The zero-order valence-electron chi connectivity index (χ0n) is 13.7. The zero-order chi connectivity index (χ0) is 14.9. The molecule has 1 atom stereocenters. The van der Waals surface area contributed by atoms with Crippen molar-refractivity contribution in [2.75, 3.05) is 40.3 Å². The van der Waals surface area contributed by atoms with Crippen molar-refractivity contribution in [1.82, 2.24) is 15.1 Å². The molecule has 0 amide bonds. The van der Waals surface area contributed by atoms with E-state index in [1.807, 2.05) is 0 Å². The van der Waals surface area contributed by atoms with Crippen molar-refractivity contribution >= 4 is 0 Å². The highest BCUT2D eigenvalue weighted by molar-refractivity contribution is 5.14. The van der Waals surface area contributed by atoms with Gasteiger partial charge in [-0.15, -0.1) is 0 Å². The van der Waals surface area contributed by atoms with Gasteiger partial charge >= 0.3 is 0 Å². The maximum absolute atomic E-state index is 3.64. The molecule has 1 saturated heterocycles. The van der Waals surface area contributed by atoms with E-state index in [1.54, 1.807) is 0 Å². The van der Waals surface area contributed by atoms with E-state index in [-0.39, 0.29) is 0 Å². The van der Waals surface area contributed by atoms with E-state index >= 15 is 0 Å². The summed E-state index contributed by atoms with van der Waals surface area (Å²) in [5.74, 6) is 0. The highest BCUT2D eigenvalue weighted by Crippen LogP contribution is 2.13. The highest BCUT2D eigenvalue weighted by Gasteiger charge is 2.17. The highest BCUT2D eigenvalue weighted by atomic mass is 15.2. The van der Waals surface area contributed by atoms with Crippen molar-refractivity contribution in [3.63, 3.8) is 0 Å². The van der Waals surface area contributed by atoms with Crippen LogP contribution in [0.2, 0.25) is 0 Å². The molecule has 118 valence electrons. The molecule has 21 heavy (non-hydrogen) atoms. The Hall–Kier alpha value is -0.900. The summed E-state index contributed by atoms with van der Waals surface area (Å²) in [5.41, 5.74) is 1.40. The SMILES string of the molecule is CN(CCCNCC1CCCCN1C)Cc1ccccc1. The molecule has 1 fully saturated rings. The lowest BCUT2D eigenvalue weighted by Gasteiger charge is -2.32. The van der Waals surface area contributed by atoms with Crippen LogP contribution in [0.1, 0.15) is 31.2 Å². The Balaban J connectivity index is 1.53. The fourth-order valence-electron chi connectivity index (χ4n) is 3.12. The Morgan fingerprint density at radius 2 is 2.05 bits per heavy atom. The smallest absolute Gasteiger partial charge is 0.0230 e. The van der Waals surface area contributed by atoms with Gasteiger partial charge in [0.15, 0.2) is 0 Å². The molecule has 0 radical (unpaired) electrons. The molecule has 1 aromatic carbocycles. The molecule has 1 unspecified atom stereocenters. The van der Waals surface area contributed by atoms with Crippen molar-refractivity contribution in [3.05, 3.63) is 35.9 Å². The van der Waals surface area contributed by atoms with Gasteiger partial charge in [-0.05, 0) is 58.6 Å². The molecule has 0 bridgehead atoms. The van der Waals surface area contributed by atoms with Gasteiger partial charge in [-0.3, -0.25) is 0 Å². The molecule has 1 aliphatic heterocycles. The molecule has 3 nitrogen and oxygen atoms in total. The van der Waals surface area contributed by atoms with E-state index in [0.29, 0.717) is 0 Å². The average Bonchev–Trinajstić information content (AvgIpc) is 2.50. The summed E-state index contributed by atoms with van der Waals surface area (Å²) >= 11 is 0. The number of nitrogens with one attached hydrogen (secondary N) is 1. The normalized spacial score (nSPS) is 20.0. The number of nitrogens with zero attached hydrogens (tertiary/aromatic N) is 2. The fourth-order valence-corrected chi connectivity index (χ4v) is 3.12. The third kappa shape index (κ3) is 6.16. The molecule has 1 aromatic rings. The summed E-state index contributed by atoms with van der Waals surface area (Å²) in [4.78, 5) is 4.92. The molecule has 1 heterocycles. The number of likely N-dealkylation sites (tertiary alicyclic amines) is 1. The maximum Gasteiger partial charge on any atom is 0.0230 e. The minimum Gasteiger partial charge on any atom is -0.315 e. The van der Waals surface area contributed by atoms with E-state index in [9.17, 15) is 0 Å². The van der Waals surface area contributed by atoms with Gasteiger partial charge in [-0.1, -0.05) is 36.8 Å². The minimum atomic E-state index is 0.751. The van der Waals surface area contributed by atoms with Gasteiger partial charge in [0.05, 0.1) is 0 Å². The lowest BCUT2D eigenvalue weighted by Crippen LogP contribution is -2.43. The van der Waals surface area contributed by atoms with E-state index < -0.39 is 0 Å². The Morgan fingerprint density at radius 1 is 1.24 bits per heavy atom. The van der Waals surface area contributed by atoms with Crippen molar-refractivity contribution in [2.24, 2.45) is 0 Å². The number of benzene rings is 1. The number of rotatable bonds is 8. The lowest BCUT2D eigenvalue weighted by atomic mass is 10.0. The molecule has 1 N–H and O–H groups in total. The summed E-state index contributed by atoms with van der Waals surface area (Å²) in [6, 6.07) is 11.5. The molecule has 0 saturated carbocycles. The predicted molar refractivity (Wildman–Crippen MR) is 90.5 cm³/mol. The first kappa shape index (κ1) is 16.5. The molecule has 0 aliphatic carbocycles. The monoisotopic (exact) mass is 289 g/mol. The van der Waals surface area contributed by atoms with Crippen LogP contribution in [0.25, 0.3) is 0 Å². The third-order valence-corrected chi connectivity index (χ3v) is 4.49. The first-order valence-electron chi connectivity index (χ1n) is 8.39. The number of likely N-dealkylation sites (N-methyl/N-ethyl adjacent to an activating group) is 1. The second kappa shape index (κ2) is 9.19. The Morgan fingerprint density at radius 3 is 2.81 bits per heavy atom. The molecule has 2 rings (SSSR count). The van der Waals surface area contributed by atoms with Crippen LogP contribution in [0.15, 0.2) is 30.3 Å². The van der Waals surface area contributed by atoms with Crippen LogP contribution in [0.3, 0.4) is 0 Å². The number of hydrogen-bond donors (Lipinski definition) is 1.